The van der Waals surface area contributed by atoms with Crippen molar-refractivity contribution >= 4 is 0 Å². The molecule has 0 N–H and O–H groups in total. The van der Waals surface area contributed by atoms with Crippen molar-refractivity contribution in [2.24, 2.45) is 0 Å². The minimum Gasteiger partial charge on any atom is -0.474 e. The van der Waals surface area contributed by atoms with Gasteiger partial charge in [-0.2, -0.15) is 0 Å². The Morgan fingerprint density at radius 2 is 2.40 bits per heavy atom. The molecule has 0 aromatic carbocycles. The van der Waals surface area contributed by atoms with Crippen molar-refractivity contribution < 1.29 is 4.74 Å². The smallest absolute Gasteiger partial charge is 0.168 e. The maximum absolute atomic E-state index is 5.50. The topological polar surface area (TPSA) is 12.5 Å². The molecule has 0 aliphatic carbocycles. The average molecular weight is 141 g/mol. The molecule has 0 saturated heterocycles. The largest absolute Gasteiger partial charge is 0.474 e. The third-order valence-electron chi connectivity index (χ3n) is 1.74. The molecule has 1 aliphatic rings. The highest BCUT2D eigenvalue weighted by molar-refractivity contribution is 4.97. The molecule has 1 heterocycles. The van der Waals surface area contributed by atoms with Crippen molar-refractivity contribution in [1.82, 2.24) is 4.90 Å². The van der Waals surface area contributed by atoms with Crippen LogP contribution in [-0.4, -0.2) is 18.2 Å². The van der Waals surface area contributed by atoms with E-state index in [9.17, 15) is 0 Å². The van der Waals surface area contributed by atoms with Crippen molar-refractivity contribution in [2.45, 2.75) is 32.9 Å². The molecule has 0 aromatic rings. The van der Waals surface area contributed by atoms with Crippen LogP contribution in [0.5, 0.6) is 0 Å². The first-order chi connectivity index (χ1) is 4.74. The first kappa shape index (κ1) is 7.45. The van der Waals surface area contributed by atoms with Gasteiger partial charge in [0.05, 0.1) is 0 Å². The lowest BCUT2D eigenvalue weighted by Gasteiger charge is -2.14. The second-order valence-corrected chi connectivity index (χ2v) is 2.73. The third-order valence-corrected chi connectivity index (χ3v) is 1.74. The Morgan fingerprint density at radius 3 is 2.80 bits per heavy atom. The van der Waals surface area contributed by atoms with Crippen molar-refractivity contribution in [3.05, 3.63) is 12.0 Å². The Labute approximate surface area is 62.5 Å². The van der Waals surface area contributed by atoms with Crippen LogP contribution in [0.2, 0.25) is 0 Å². The molecule has 0 fully saturated rings. The molecule has 0 saturated carbocycles. The van der Waals surface area contributed by atoms with E-state index in [1.165, 1.54) is 0 Å². The molecule has 0 spiro atoms. The average Bonchev–Trinajstić information content (AvgIpc) is 2.14. The van der Waals surface area contributed by atoms with E-state index >= 15 is 0 Å². The minimum absolute atomic E-state index is 0.238. The van der Waals surface area contributed by atoms with E-state index in [4.69, 9.17) is 4.74 Å². The van der Waals surface area contributed by atoms with Gasteiger partial charge in [0.15, 0.2) is 6.23 Å². The number of ether oxygens (including phenoxy) is 1. The van der Waals surface area contributed by atoms with Crippen LogP contribution in [-0.2, 0) is 4.74 Å². The zero-order chi connectivity index (χ0) is 7.56. The molecular weight excluding hydrogens is 126 g/mol. The lowest BCUT2D eigenvalue weighted by atomic mass is 10.3. The standard InChI is InChI=1S/C8H15NO/c1-4-5-8-6-9(3)7(2)10-8/h6-7H,4-5H2,1-3H3/t7-/m0/s1. The number of hydrogen-bond acceptors (Lipinski definition) is 2. The Balaban J connectivity index is 2.42. The third kappa shape index (κ3) is 1.43. The van der Waals surface area contributed by atoms with E-state index in [0.717, 1.165) is 18.6 Å². The van der Waals surface area contributed by atoms with E-state index < -0.39 is 0 Å². The molecule has 10 heavy (non-hydrogen) atoms. The summed E-state index contributed by atoms with van der Waals surface area (Å²) in [6.45, 7) is 4.21. The Kier molecular flexibility index (Phi) is 2.20. The van der Waals surface area contributed by atoms with Gasteiger partial charge in [-0.25, -0.2) is 0 Å². The quantitative estimate of drug-likeness (QED) is 0.582. The van der Waals surface area contributed by atoms with Crippen LogP contribution in [0, 0.1) is 0 Å². The number of hydrogen-bond donors (Lipinski definition) is 0. The monoisotopic (exact) mass is 141 g/mol. The maximum Gasteiger partial charge on any atom is 0.168 e. The van der Waals surface area contributed by atoms with Gasteiger partial charge < -0.3 is 9.64 Å². The molecule has 1 aliphatic heterocycles. The number of rotatable bonds is 2. The Bertz CT molecular complexity index is 142. The zero-order valence-electron chi connectivity index (χ0n) is 6.92. The highest BCUT2D eigenvalue weighted by atomic mass is 16.5. The van der Waals surface area contributed by atoms with Gasteiger partial charge in [0.2, 0.25) is 0 Å². The van der Waals surface area contributed by atoms with Gasteiger partial charge in [0.1, 0.15) is 5.76 Å². The minimum atomic E-state index is 0.238. The summed E-state index contributed by atoms with van der Waals surface area (Å²) in [4.78, 5) is 2.09. The van der Waals surface area contributed by atoms with E-state index in [2.05, 4.69) is 24.9 Å². The summed E-state index contributed by atoms with van der Waals surface area (Å²) in [5, 5.41) is 0. The Morgan fingerprint density at radius 1 is 1.70 bits per heavy atom. The van der Waals surface area contributed by atoms with Crippen LogP contribution < -0.4 is 0 Å². The fraction of sp³-hybridized carbons (Fsp3) is 0.750. The van der Waals surface area contributed by atoms with Crippen molar-refractivity contribution in [2.75, 3.05) is 7.05 Å². The lowest BCUT2D eigenvalue weighted by Crippen LogP contribution is -2.19. The Hall–Kier alpha value is -0.660. The van der Waals surface area contributed by atoms with Gasteiger partial charge in [-0.1, -0.05) is 6.92 Å². The summed E-state index contributed by atoms with van der Waals surface area (Å²) >= 11 is 0. The summed E-state index contributed by atoms with van der Waals surface area (Å²) in [5.41, 5.74) is 0. The lowest BCUT2D eigenvalue weighted by molar-refractivity contribution is 0.0702. The van der Waals surface area contributed by atoms with Crippen molar-refractivity contribution in [3.63, 3.8) is 0 Å². The molecule has 0 amide bonds. The highest BCUT2D eigenvalue weighted by Crippen LogP contribution is 2.19. The van der Waals surface area contributed by atoms with Crippen LogP contribution in [0.4, 0.5) is 0 Å². The van der Waals surface area contributed by atoms with E-state index in [1.807, 2.05) is 7.05 Å². The number of allylic oxidation sites excluding steroid dienone is 1. The summed E-state index contributed by atoms with van der Waals surface area (Å²) in [7, 11) is 2.04. The first-order valence-electron chi connectivity index (χ1n) is 3.83. The van der Waals surface area contributed by atoms with Crippen LogP contribution in [0.25, 0.3) is 0 Å². The van der Waals surface area contributed by atoms with Crippen LogP contribution >= 0.6 is 0 Å². The summed E-state index contributed by atoms with van der Waals surface area (Å²) < 4.78 is 5.50. The summed E-state index contributed by atoms with van der Waals surface area (Å²) in [6.07, 6.45) is 4.54. The molecule has 1 atom stereocenters. The van der Waals surface area contributed by atoms with E-state index in [0.29, 0.717) is 0 Å². The van der Waals surface area contributed by atoms with Crippen molar-refractivity contribution in [3.8, 4) is 0 Å². The molecule has 1 rings (SSSR count). The second kappa shape index (κ2) is 2.95. The summed E-state index contributed by atoms with van der Waals surface area (Å²) in [6, 6.07) is 0. The predicted octanol–water partition coefficient (Wildman–Crippen LogP) is 1.94. The van der Waals surface area contributed by atoms with Crippen LogP contribution in [0.1, 0.15) is 26.7 Å². The highest BCUT2D eigenvalue weighted by Gasteiger charge is 2.16. The molecule has 2 nitrogen and oxygen atoms in total. The van der Waals surface area contributed by atoms with Gasteiger partial charge in [-0.3, -0.25) is 0 Å². The number of nitrogens with zero attached hydrogens (tertiary/aromatic N) is 1. The van der Waals surface area contributed by atoms with Crippen LogP contribution in [0.3, 0.4) is 0 Å². The fourth-order valence-electron chi connectivity index (χ4n) is 1.03. The summed E-state index contributed by atoms with van der Waals surface area (Å²) in [5.74, 6) is 1.12. The molecule has 0 aromatic heterocycles. The van der Waals surface area contributed by atoms with Gasteiger partial charge in [-0.15, -0.1) is 0 Å². The van der Waals surface area contributed by atoms with Crippen molar-refractivity contribution in [1.29, 1.82) is 0 Å². The van der Waals surface area contributed by atoms with Gasteiger partial charge >= 0.3 is 0 Å². The fourth-order valence-corrected chi connectivity index (χ4v) is 1.03. The zero-order valence-corrected chi connectivity index (χ0v) is 6.92. The maximum atomic E-state index is 5.50. The molecule has 0 radical (unpaired) electrons. The SMILES string of the molecule is CCCC1=CN(C)[C@H](C)O1. The normalized spacial score (nSPS) is 24.5. The molecular formula is C8H15NO. The second-order valence-electron chi connectivity index (χ2n) is 2.73. The molecule has 2 heteroatoms. The van der Waals surface area contributed by atoms with Gasteiger partial charge in [0.25, 0.3) is 0 Å². The van der Waals surface area contributed by atoms with Gasteiger partial charge in [-0.05, 0) is 13.3 Å². The van der Waals surface area contributed by atoms with Gasteiger partial charge in [0, 0.05) is 19.7 Å². The predicted molar refractivity (Wildman–Crippen MR) is 41.3 cm³/mol. The molecule has 0 unspecified atom stereocenters. The molecule has 0 bridgehead atoms. The van der Waals surface area contributed by atoms with Crippen LogP contribution in [0.15, 0.2) is 12.0 Å². The first-order valence-corrected chi connectivity index (χ1v) is 3.83. The molecule has 58 valence electrons. The van der Waals surface area contributed by atoms with E-state index in [-0.39, 0.29) is 6.23 Å². The van der Waals surface area contributed by atoms with E-state index in [1.54, 1.807) is 0 Å².